The highest BCUT2D eigenvalue weighted by molar-refractivity contribution is 7.89. The van der Waals surface area contributed by atoms with Gasteiger partial charge in [0.1, 0.15) is 11.6 Å². The van der Waals surface area contributed by atoms with Crippen LogP contribution in [0.15, 0.2) is 71.6 Å². The van der Waals surface area contributed by atoms with Gasteiger partial charge in [-0.05, 0) is 80.3 Å². The second-order valence-electron chi connectivity index (χ2n) is 11.1. The fourth-order valence-electron chi connectivity index (χ4n) is 4.01. The molecule has 13 heteroatoms. The van der Waals surface area contributed by atoms with E-state index in [0.717, 1.165) is 29.0 Å². The van der Waals surface area contributed by atoms with Crippen molar-refractivity contribution in [1.29, 1.82) is 0 Å². The van der Waals surface area contributed by atoms with E-state index in [4.69, 9.17) is 4.74 Å². The van der Waals surface area contributed by atoms with Crippen molar-refractivity contribution in [1.82, 2.24) is 9.71 Å². The minimum atomic E-state index is -4.51. The van der Waals surface area contributed by atoms with Crippen LogP contribution in [-0.4, -0.2) is 36.9 Å². The van der Waals surface area contributed by atoms with Crippen molar-refractivity contribution in [3.05, 3.63) is 77.3 Å². The molecule has 0 radical (unpaired) electrons. The molecule has 0 saturated heterocycles. The van der Waals surface area contributed by atoms with Crippen LogP contribution in [0.5, 0.6) is 0 Å². The number of alkyl halides is 3. The van der Waals surface area contributed by atoms with Crippen LogP contribution in [0.2, 0.25) is 0 Å². The number of rotatable bonds is 8. The zero-order valence-electron chi connectivity index (χ0n) is 23.9. The monoisotopic (exact) mass is 633 g/mol. The highest BCUT2D eigenvalue weighted by Crippen LogP contribution is 2.33. The molecule has 0 unspecified atom stereocenters. The first kappa shape index (κ1) is 32.1. The van der Waals surface area contributed by atoms with Crippen molar-refractivity contribution in [2.45, 2.75) is 57.3 Å². The average molecular weight is 634 g/mol. The molecule has 1 heterocycles. The first-order chi connectivity index (χ1) is 19.9. The van der Waals surface area contributed by atoms with Crippen molar-refractivity contribution < 1.29 is 35.9 Å². The lowest BCUT2D eigenvalue weighted by atomic mass is 10.1. The number of ether oxygens (including phenoxy) is 1. The van der Waals surface area contributed by atoms with Gasteiger partial charge >= 0.3 is 12.1 Å². The summed E-state index contributed by atoms with van der Waals surface area (Å²) in [7, 11) is -4.03. The van der Waals surface area contributed by atoms with E-state index in [1.807, 2.05) is 0 Å². The van der Waals surface area contributed by atoms with E-state index in [0.29, 0.717) is 16.0 Å². The van der Waals surface area contributed by atoms with Gasteiger partial charge in [0, 0.05) is 5.69 Å². The molecule has 4 aromatic rings. The number of nitrogens with zero attached hydrogens (tertiary/aromatic N) is 1. The number of halogens is 3. The Morgan fingerprint density at radius 3 is 2.02 bits per heavy atom. The van der Waals surface area contributed by atoms with E-state index < -0.39 is 45.3 Å². The number of hydrogen-bond acceptors (Lipinski definition) is 7. The van der Waals surface area contributed by atoms with Crippen LogP contribution in [-0.2, 0) is 25.7 Å². The summed E-state index contributed by atoms with van der Waals surface area (Å²) in [5, 5.41) is 2.71. The molecule has 0 spiro atoms. The van der Waals surface area contributed by atoms with Crippen LogP contribution in [0, 0.1) is 5.92 Å². The van der Waals surface area contributed by atoms with Crippen LogP contribution >= 0.6 is 11.3 Å². The van der Waals surface area contributed by atoms with Gasteiger partial charge in [-0.2, -0.15) is 17.9 Å². The van der Waals surface area contributed by atoms with E-state index in [2.05, 4.69) is 15.0 Å². The molecule has 4 rings (SSSR count). The Hall–Kier alpha value is -3.81. The predicted octanol–water partition coefficient (Wildman–Crippen LogP) is 6.88. The van der Waals surface area contributed by atoms with Crippen molar-refractivity contribution in [3.8, 4) is 11.1 Å². The number of anilines is 1. The van der Waals surface area contributed by atoms with Gasteiger partial charge in [-0.25, -0.2) is 13.4 Å². The second-order valence-corrected chi connectivity index (χ2v) is 13.9. The SMILES string of the molecule is CC(C)[C@H](NS(=O)(=O)c1ccc(-c2ccc(NC(=O)c3nc4cc(C(F)(F)F)ccc4s3)cc2)cc1)C(=O)OC(C)(C)C. The van der Waals surface area contributed by atoms with Crippen LogP contribution < -0.4 is 10.0 Å². The third-order valence-corrected chi connectivity index (χ3v) is 8.65. The summed E-state index contributed by atoms with van der Waals surface area (Å²) in [6, 6.07) is 14.9. The third-order valence-electron chi connectivity index (χ3n) is 6.16. The summed E-state index contributed by atoms with van der Waals surface area (Å²) in [6.07, 6.45) is -4.51. The number of nitrogens with one attached hydrogen (secondary N) is 2. The second kappa shape index (κ2) is 12.1. The number of benzene rings is 3. The predicted molar refractivity (Wildman–Crippen MR) is 159 cm³/mol. The maximum Gasteiger partial charge on any atom is 0.416 e. The Kier molecular flexibility index (Phi) is 9.00. The fourth-order valence-corrected chi connectivity index (χ4v) is 6.19. The Labute approximate surface area is 251 Å². The van der Waals surface area contributed by atoms with Crippen molar-refractivity contribution in [2.24, 2.45) is 5.92 Å². The molecule has 0 aliphatic rings. The van der Waals surface area contributed by atoms with Crippen molar-refractivity contribution in [3.63, 3.8) is 0 Å². The summed E-state index contributed by atoms with van der Waals surface area (Å²) >= 11 is 0.986. The van der Waals surface area contributed by atoms with Gasteiger partial charge in [-0.1, -0.05) is 38.1 Å². The Morgan fingerprint density at radius 2 is 1.49 bits per heavy atom. The van der Waals surface area contributed by atoms with Gasteiger partial charge < -0.3 is 10.1 Å². The van der Waals surface area contributed by atoms with Gasteiger partial charge in [0.15, 0.2) is 5.01 Å². The maximum absolute atomic E-state index is 13.0. The Bertz CT molecular complexity index is 1740. The number of amides is 1. The minimum Gasteiger partial charge on any atom is -0.459 e. The van der Waals surface area contributed by atoms with Crippen LogP contribution in [0.25, 0.3) is 21.3 Å². The van der Waals surface area contributed by atoms with E-state index in [1.54, 1.807) is 71.0 Å². The molecular weight excluding hydrogens is 603 g/mol. The summed E-state index contributed by atoms with van der Waals surface area (Å²) in [4.78, 5) is 29.3. The molecule has 0 aliphatic heterocycles. The van der Waals surface area contributed by atoms with E-state index in [1.165, 1.54) is 18.2 Å². The van der Waals surface area contributed by atoms with Gasteiger partial charge in [-0.15, -0.1) is 11.3 Å². The van der Waals surface area contributed by atoms with Crippen molar-refractivity contribution in [2.75, 3.05) is 5.32 Å². The Balaban J connectivity index is 1.44. The molecule has 228 valence electrons. The zero-order valence-corrected chi connectivity index (χ0v) is 25.6. The topological polar surface area (TPSA) is 114 Å². The van der Waals surface area contributed by atoms with Gasteiger partial charge in [0.25, 0.3) is 5.91 Å². The number of hydrogen-bond donors (Lipinski definition) is 2. The van der Waals surface area contributed by atoms with Gasteiger partial charge in [-0.3, -0.25) is 9.59 Å². The number of aromatic nitrogens is 1. The molecule has 3 aromatic carbocycles. The standard InChI is InChI=1S/C30H30F3N3O5S2/c1-17(2)25(28(38)41-29(3,4)5)36-43(39,40)22-13-8-19(9-14-22)18-6-11-21(12-7-18)34-26(37)27-35-23-16-20(30(31,32)33)10-15-24(23)42-27/h6-17,25,36H,1-5H3,(H,34,37)/t25-/m0/s1. The van der Waals surface area contributed by atoms with Crippen molar-refractivity contribution >= 4 is 49.1 Å². The Morgan fingerprint density at radius 1 is 0.907 bits per heavy atom. The van der Waals surface area contributed by atoms with E-state index in [-0.39, 0.29) is 21.3 Å². The van der Waals surface area contributed by atoms with E-state index >= 15 is 0 Å². The fraction of sp³-hybridized carbons (Fsp3) is 0.300. The molecule has 2 N–H and O–H groups in total. The lowest BCUT2D eigenvalue weighted by Gasteiger charge is -2.26. The summed E-state index contributed by atoms with van der Waals surface area (Å²) in [5.74, 6) is -1.57. The quantitative estimate of drug-likeness (QED) is 0.205. The highest BCUT2D eigenvalue weighted by Gasteiger charge is 2.32. The summed E-state index contributed by atoms with van der Waals surface area (Å²) < 4.78 is 73.3. The number of carbonyl (C=O) groups excluding carboxylic acids is 2. The first-order valence-electron chi connectivity index (χ1n) is 13.2. The molecule has 1 amide bonds. The number of fused-ring (bicyclic) bond motifs is 1. The number of carbonyl (C=O) groups is 2. The van der Waals surface area contributed by atoms with Crippen LogP contribution in [0.3, 0.4) is 0 Å². The smallest absolute Gasteiger partial charge is 0.416 e. The number of thiazole rings is 1. The molecule has 0 fully saturated rings. The average Bonchev–Trinajstić information content (AvgIpc) is 3.35. The van der Waals surface area contributed by atoms with Gasteiger partial charge in [0.2, 0.25) is 10.0 Å². The molecule has 1 atom stereocenters. The van der Waals surface area contributed by atoms with Crippen LogP contribution in [0.4, 0.5) is 18.9 Å². The third kappa shape index (κ3) is 7.98. The minimum absolute atomic E-state index is 0.0208. The molecule has 8 nitrogen and oxygen atoms in total. The molecule has 0 bridgehead atoms. The molecule has 43 heavy (non-hydrogen) atoms. The van der Waals surface area contributed by atoms with Crippen LogP contribution in [0.1, 0.15) is 50.0 Å². The van der Waals surface area contributed by atoms with E-state index in [9.17, 15) is 31.2 Å². The normalized spacial score (nSPS) is 13.2. The molecule has 0 aliphatic carbocycles. The number of sulfonamides is 1. The maximum atomic E-state index is 13.0. The zero-order chi connectivity index (χ0) is 31.7. The van der Waals surface area contributed by atoms with Gasteiger partial charge in [0.05, 0.1) is 20.7 Å². The largest absolute Gasteiger partial charge is 0.459 e. The summed E-state index contributed by atoms with van der Waals surface area (Å²) in [6.45, 7) is 8.56. The number of esters is 1. The molecule has 1 aromatic heterocycles. The molecule has 0 saturated carbocycles. The first-order valence-corrected chi connectivity index (χ1v) is 15.5. The lowest BCUT2D eigenvalue weighted by Crippen LogP contribution is -2.47. The lowest BCUT2D eigenvalue weighted by molar-refractivity contribution is -0.158. The highest BCUT2D eigenvalue weighted by atomic mass is 32.2. The molecular formula is C30H30F3N3O5S2. The summed E-state index contributed by atoms with van der Waals surface area (Å²) in [5.41, 5.74) is 0.365.